The number of hydrogen-bond donors (Lipinski definition) is 1. The van der Waals surface area contributed by atoms with Crippen LogP contribution in [-0.2, 0) is 4.74 Å². The van der Waals surface area contributed by atoms with E-state index in [1.807, 2.05) is 0 Å². The molecule has 2 unspecified atom stereocenters. The van der Waals surface area contributed by atoms with Crippen LogP contribution >= 0.6 is 0 Å². The predicted octanol–water partition coefficient (Wildman–Crippen LogP) is 1.26. The van der Waals surface area contributed by atoms with Gasteiger partial charge in [-0.2, -0.15) is 0 Å². The van der Waals surface area contributed by atoms with Crippen LogP contribution in [0.4, 0.5) is 0 Å². The third kappa shape index (κ3) is 3.95. The maximum Gasteiger partial charge on any atom is 0.0596 e. The average Bonchev–Trinajstić information content (AvgIpc) is 2.51. The summed E-state index contributed by atoms with van der Waals surface area (Å²) in [6.45, 7) is 5.87. The summed E-state index contributed by atoms with van der Waals surface area (Å²) >= 11 is 0. The highest BCUT2D eigenvalue weighted by atomic mass is 16.5. The summed E-state index contributed by atoms with van der Waals surface area (Å²) in [5.41, 5.74) is 0. The fourth-order valence-electron chi connectivity index (χ4n) is 1.95. The Kier molecular flexibility index (Phi) is 4.85. The number of aliphatic hydroxyl groups excluding tert-OH is 1. The molecule has 0 aromatic rings. The van der Waals surface area contributed by atoms with Crippen LogP contribution in [0.2, 0.25) is 0 Å². The van der Waals surface area contributed by atoms with Gasteiger partial charge in [0.1, 0.15) is 0 Å². The first-order chi connectivity index (χ1) is 6.59. The minimum atomic E-state index is -0.0755. The summed E-state index contributed by atoms with van der Waals surface area (Å²) in [5.74, 6) is 0. The first-order valence-electron chi connectivity index (χ1n) is 5.59. The first kappa shape index (κ1) is 12.0. The molecule has 1 aliphatic rings. The van der Waals surface area contributed by atoms with Crippen molar-refractivity contribution < 1.29 is 9.84 Å². The number of aliphatic hydroxyl groups is 1. The molecular weight excluding hydrogens is 178 g/mol. The summed E-state index contributed by atoms with van der Waals surface area (Å²) in [7, 11) is 2.12. The van der Waals surface area contributed by atoms with Crippen molar-refractivity contribution in [2.45, 2.75) is 51.4 Å². The van der Waals surface area contributed by atoms with E-state index in [0.29, 0.717) is 12.1 Å². The normalized spacial score (nSPS) is 27.9. The van der Waals surface area contributed by atoms with Gasteiger partial charge in [-0.1, -0.05) is 0 Å². The fourth-order valence-corrected chi connectivity index (χ4v) is 1.95. The van der Waals surface area contributed by atoms with Gasteiger partial charge in [0.05, 0.1) is 18.8 Å². The number of ether oxygens (including phenoxy) is 1. The van der Waals surface area contributed by atoms with Crippen molar-refractivity contribution >= 4 is 0 Å². The van der Waals surface area contributed by atoms with E-state index in [9.17, 15) is 5.11 Å². The summed E-state index contributed by atoms with van der Waals surface area (Å²) in [4.78, 5) is 2.30. The molecule has 0 aromatic heterocycles. The topological polar surface area (TPSA) is 32.7 Å². The minimum Gasteiger partial charge on any atom is -0.393 e. The van der Waals surface area contributed by atoms with Crippen LogP contribution in [0.5, 0.6) is 0 Å². The molecule has 1 N–H and O–H groups in total. The van der Waals surface area contributed by atoms with Gasteiger partial charge in [-0.3, -0.25) is 0 Å². The van der Waals surface area contributed by atoms with E-state index in [4.69, 9.17) is 4.74 Å². The Morgan fingerprint density at radius 3 is 2.64 bits per heavy atom. The molecule has 0 amide bonds. The van der Waals surface area contributed by atoms with Gasteiger partial charge in [0.2, 0.25) is 0 Å². The second-order valence-corrected chi connectivity index (χ2v) is 4.52. The van der Waals surface area contributed by atoms with E-state index in [0.717, 1.165) is 32.4 Å². The lowest BCUT2D eigenvalue weighted by Crippen LogP contribution is -2.33. The van der Waals surface area contributed by atoms with Gasteiger partial charge in [-0.25, -0.2) is 0 Å². The van der Waals surface area contributed by atoms with E-state index in [1.54, 1.807) is 0 Å². The molecule has 1 aliphatic carbocycles. The zero-order valence-corrected chi connectivity index (χ0v) is 9.57. The summed E-state index contributed by atoms with van der Waals surface area (Å²) < 4.78 is 5.49. The number of rotatable bonds is 5. The monoisotopic (exact) mass is 201 g/mol. The van der Waals surface area contributed by atoms with Crippen LogP contribution in [0.3, 0.4) is 0 Å². The molecule has 1 rings (SSSR count). The van der Waals surface area contributed by atoms with Crippen LogP contribution in [0.1, 0.15) is 33.1 Å². The molecule has 84 valence electrons. The van der Waals surface area contributed by atoms with Gasteiger partial charge < -0.3 is 14.7 Å². The van der Waals surface area contributed by atoms with Gasteiger partial charge in [0.25, 0.3) is 0 Å². The van der Waals surface area contributed by atoms with Crippen LogP contribution in [0.15, 0.2) is 0 Å². The lowest BCUT2D eigenvalue weighted by molar-refractivity contribution is 0.0546. The molecule has 3 nitrogen and oxygen atoms in total. The summed E-state index contributed by atoms with van der Waals surface area (Å²) in [6, 6.07) is 0.556. The number of nitrogens with zero attached hydrogens (tertiary/aromatic N) is 1. The van der Waals surface area contributed by atoms with Gasteiger partial charge >= 0.3 is 0 Å². The lowest BCUT2D eigenvalue weighted by Gasteiger charge is -2.24. The Morgan fingerprint density at radius 2 is 2.14 bits per heavy atom. The SMILES string of the molecule is CC(C)OCCN(C)C1CCC(O)C1. The van der Waals surface area contributed by atoms with E-state index in [-0.39, 0.29) is 6.10 Å². The molecule has 0 radical (unpaired) electrons. The molecule has 2 atom stereocenters. The molecule has 0 aliphatic heterocycles. The largest absolute Gasteiger partial charge is 0.393 e. The zero-order valence-electron chi connectivity index (χ0n) is 9.57. The maximum absolute atomic E-state index is 9.40. The number of likely N-dealkylation sites (N-methyl/N-ethyl adjacent to an activating group) is 1. The molecule has 0 bridgehead atoms. The maximum atomic E-state index is 9.40. The molecule has 3 heteroatoms. The molecule has 0 aromatic carbocycles. The third-order valence-corrected chi connectivity index (χ3v) is 2.90. The second-order valence-electron chi connectivity index (χ2n) is 4.52. The minimum absolute atomic E-state index is 0.0755. The van der Waals surface area contributed by atoms with E-state index < -0.39 is 0 Å². The Hall–Kier alpha value is -0.120. The molecule has 1 saturated carbocycles. The smallest absolute Gasteiger partial charge is 0.0596 e. The predicted molar refractivity (Wildman–Crippen MR) is 57.4 cm³/mol. The van der Waals surface area contributed by atoms with Gasteiger partial charge in [0, 0.05) is 12.6 Å². The van der Waals surface area contributed by atoms with E-state index >= 15 is 0 Å². The molecule has 0 saturated heterocycles. The average molecular weight is 201 g/mol. The fraction of sp³-hybridized carbons (Fsp3) is 1.00. The van der Waals surface area contributed by atoms with Gasteiger partial charge in [-0.05, 0) is 40.2 Å². The number of hydrogen-bond acceptors (Lipinski definition) is 3. The van der Waals surface area contributed by atoms with Crippen molar-refractivity contribution in [3.8, 4) is 0 Å². The molecule has 14 heavy (non-hydrogen) atoms. The Morgan fingerprint density at radius 1 is 1.43 bits per heavy atom. The second kappa shape index (κ2) is 5.69. The van der Waals surface area contributed by atoms with Crippen molar-refractivity contribution in [1.29, 1.82) is 0 Å². The van der Waals surface area contributed by atoms with Crippen LogP contribution < -0.4 is 0 Å². The first-order valence-corrected chi connectivity index (χ1v) is 5.59. The highest BCUT2D eigenvalue weighted by Gasteiger charge is 2.25. The van der Waals surface area contributed by atoms with Crippen molar-refractivity contribution in [3.63, 3.8) is 0 Å². The van der Waals surface area contributed by atoms with Crippen LogP contribution in [-0.4, -0.2) is 48.5 Å². The standard InChI is InChI=1S/C11H23NO2/c1-9(2)14-7-6-12(3)10-4-5-11(13)8-10/h9-11,13H,4-8H2,1-3H3. The highest BCUT2D eigenvalue weighted by Crippen LogP contribution is 2.22. The Bertz CT molecular complexity index is 161. The van der Waals surface area contributed by atoms with Gasteiger partial charge in [0.15, 0.2) is 0 Å². The lowest BCUT2D eigenvalue weighted by atomic mass is 10.2. The van der Waals surface area contributed by atoms with Crippen molar-refractivity contribution in [1.82, 2.24) is 4.90 Å². The van der Waals surface area contributed by atoms with Crippen molar-refractivity contribution in [2.24, 2.45) is 0 Å². The molecule has 0 spiro atoms. The van der Waals surface area contributed by atoms with Crippen molar-refractivity contribution in [3.05, 3.63) is 0 Å². The van der Waals surface area contributed by atoms with E-state index in [1.165, 1.54) is 0 Å². The van der Waals surface area contributed by atoms with Crippen LogP contribution in [0, 0.1) is 0 Å². The van der Waals surface area contributed by atoms with Crippen LogP contribution in [0.25, 0.3) is 0 Å². The van der Waals surface area contributed by atoms with E-state index in [2.05, 4.69) is 25.8 Å². The summed E-state index contributed by atoms with van der Waals surface area (Å²) in [6.07, 6.45) is 3.25. The third-order valence-electron chi connectivity index (χ3n) is 2.90. The van der Waals surface area contributed by atoms with Crippen molar-refractivity contribution in [2.75, 3.05) is 20.2 Å². The Balaban J connectivity index is 2.12. The van der Waals surface area contributed by atoms with Gasteiger partial charge in [-0.15, -0.1) is 0 Å². The molecule has 1 fully saturated rings. The Labute approximate surface area is 87.1 Å². The highest BCUT2D eigenvalue weighted by molar-refractivity contribution is 4.80. The molecular formula is C11H23NO2. The molecule has 0 heterocycles. The quantitative estimate of drug-likeness (QED) is 0.727. The zero-order chi connectivity index (χ0) is 10.6. The summed E-state index contributed by atoms with van der Waals surface area (Å²) in [5, 5.41) is 9.40.